The average Bonchev–Trinajstić information content (AvgIpc) is 2.92. The first kappa shape index (κ1) is 18.8. The maximum Gasteiger partial charge on any atom is 0.408 e. The molecule has 0 aliphatic heterocycles. The van der Waals surface area contributed by atoms with Gasteiger partial charge in [0.05, 0.1) is 12.1 Å². The van der Waals surface area contributed by atoms with Crippen molar-refractivity contribution in [2.24, 2.45) is 5.92 Å². The normalized spacial score (nSPS) is 12.3. The van der Waals surface area contributed by atoms with Crippen LogP contribution in [0.4, 0.5) is 4.79 Å². The van der Waals surface area contributed by atoms with Gasteiger partial charge in [0.1, 0.15) is 17.0 Å². The van der Waals surface area contributed by atoms with Crippen LogP contribution >= 0.6 is 23.1 Å². The second-order valence-electron chi connectivity index (χ2n) is 5.26. The van der Waals surface area contributed by atoms with E-state index < -0.39 is 18.1 Å². The molecule has 0 radical (unpaired) electrons. The predicted octanol–water partition coefficient (Wildman–Crippen LogP) is 3.24. The molecular weight excluding hydrogens is 324 g/mol. The zero-order valence-corrected chi connectivity index (χ0v) is 15.0. The summed E-state index contributed by atoms with van der Waals surface area (Å²) < 4.78 is 9.71. The third-order valence-corrected chi connectivity index (χ3v) is 4.82. The van der Waals surface area contributed by atoms with Crippen LogP contribution in [0.3, 0.4) is 0 Å². The minimum atomic E-state index is -0.714. The van der Waals surface area contributed by atoms with Crippen LogP contribution in [0.2, 0.25) is 0 Å². The summed E-state index contributed by atoms with van der Waals surface area (Å²) in [5.41, 5.74) is 0. The molecule has 1 amide bonds. The number of carbonyl (C=O) groups is 2. The van der Waals surface area contributed by atoms with Crippen molar-refractivity contribution in [2.45, 2.75) is 44.7 Å². The molecule has 1 aromatic heterocycles. The highest BCUT2D eigenvalue weighted by Crippen LogP contribution is 2.25. The summed E-state index contributed by atoms with van der Waals surface area (Å²) in [5, 5.41) is 6.33. The maximum atomic E-state index is 11.7. The van der Waals surface area contributed by atoms with Crippen LogP contribution in [0.15, 0.2) is 10.4 Å². The number of aromatic nitrogens is 1. The van der Waals surface area contributed by atoms with Crippen molar-refractivity contribution in [1.29, 1.82) is 0 Å². The lowest BCUT2D eigenvalue weighted by Gasteiger charge is -2.19. The fourth-order valence-electron chi connectivity index (χ4n) is 1.54. The largest absolute Gasteiger partial charge is 0.467 e. The Kier molecular flexibility index (Phi) is 7.67. The highest BCUT2D eigenvalue weighted by molar-refractivity contribution is 7.99. The Morgan fingerprint density at radius 3 is 2.55 bits per heavy atom. The number of nitrogens with one attached hydrogen (secondary N) is 1. The molecule has 6 nitrogen and oxygen atoms in total. The van der Waals surface area contributed by atoms with Gasteiger partial charge in [-0.05, 0) is 5.92 Å². The van der Waals surface area contributed by atoms with Gasteiger partial charge in [-0.1, -0.05) is 39.5 Å². The molecule has 124 valence electrons. The van der Waals surface area contributed by atoms with Gasteiger partial charge in [-0.3, -0.25) is 0 Å². The lowest BCUT2D eigenvalue weighted by molar-refractivity contribution is -0.144. The molecule has 22 heavy (non-hydrogen) atoms. The third-order valence-electron chi connectivity index (χ3n) is 2.79. The van der Waals surface area contributed by atoms with Crippen LogP contribution in [0.25, 0.3) is 0 Å². The molecule has 8 heteroatoms. The molecule has 0 fully saturated rings. The summed E-state index contributed by atoms with van der Waals surface area (Å²) in [5.74, 6) is -0.0464. The number of amides is 1. The molecule has 1 aromatic rings. The standard InChI is InChI=1S/C14H22N2O4S2/c1-8(2)11(13(17)19-5)16-14(18)20-7-22-10-6-21-12(15-10)9(3)4/h6,8-9,11H,7H2,1-5H3,(H,16,18)/t11-/m0/s1. The number of hydrogen-bond acceptors (Lipinski definition) is 7. The highest BCUT2D eigenvalue weighted by Gasteiger charge is 2.25. The smallest absolute Gasteiger partial charge is 0.408 e. The molecule has 1 N–H and O–H groups in total. The van der Waals surface area contributed by atoms with Crippen molar-refractivity contribution in [3.8, 4) is 0 Å². The molecule has 1 atom stereocenters. The highest BCUT2D eigenvalue weighted by atomic mass is 32.2. The van der Waals surface area contributed by atoms with Crippen LogP contribution in [0.1, 0.15) is 38.6 Å². The Morgan fingerprint density at radius 2 is 2.05 bits per heavy atom. The molecule has 0 aromatic carbocycles. The quantitative estimate of drug-likeness (QED) is 0.464. The van der Waals surface area contributed by atoms with Crippen LogP contribution in [0, 0.1) is 5.92 Å². The fourth-order valence-corrected chi connectivity index (χ4v) is 3.16. The van der Waals surface area contributed by atoms with Gasteiger partial charge in [0, 0.05) is 11.3 Å². The lowest BCUT2D eigenvalue weighted by atomic mass is 10.1. The lowest BCUT2D eigenvalue weighted by Crippen LogP contribution is -2.45. The first-order chi connectivity index (χ1) is 10.3. The molecular formula is C14H22N2O4S2. The monoisotopic (exact) mass is 346 g/mol. The number of esters is 1. The molecule has 0 spiro atoms. The fraction of sp³-hybridized carbons (Fsp3) is 0.643. The first-order valence-corrected chi connectivity index (χ1v) is 8.81. The Bertz CT molecular complexity index is 503. The molecule has 1 heterocycles. The Labute approximate surface area is 139 Å². The topological polar surface area (TPSA) is 77.5 Å². The van der Waals surface area contributed by atoms with Crippen molar-refractivity contribution in [3.05, 3.63) is 10.4 Å². The zero-order valence-electron chi connectivity index (χ0n) is 13.4. The van der Waals surface area contributed by atoms with Crippen molar-refractivity contribution < 1.29 is 19.1 Å². The number of rotatable bonds is 7. The van der Waals surface area contributed by atoms with Gasteiger partial charge < -0.3 is 14.8 Å². The van der Waals surface area contributed by atoms with E-state index in [0.717, 1.165) is 10.0 Å². The minimum Gasteiger partial charge on any atom is -0.467 e. The van der Waals surface area contributed by atoms with Crippen molar-refractivity contribution >= 4 is 35.2 Å². The molecule has 1 rings (SSSR count). The molecule has 0 saturated heterocycles. The number of carbonyl (C=O) groups excluding carboxylic acids is 2. The molecule has 0 unspecified atom stereocenters. The van der Waals surface area contributed by atoms with Gasteiger partial charge in [0.15, 0.2) is 0 Å². The molecule has 0 bridgehead atoms. The Hall–Kier alpha value is -1.28. The maximum absolute atomic E-state index is 11.7. The average molecular weight is 346 g/mol. The first-order valence-electron chi connectivity index (χ1n) is 6.94. The predicted molar refractivity (Wildman–Crippen MR) is 87.2 cm³/mol. The van der Waals surface area contributed by atoms with E-state index in [2.05, 4.69) is 28.9 Å². The van der Waals surface area contributed by atoms with E-state index in [4.69, 9.17) is 4.74 Å². The number of methoxy groups -OCH3 is 1. The van der Waals surface area contributed by atoms with Crippen LogP contribution < -0.4 is 5.32 Å². The minimum absolute atomic E-state index is 0.0835. The van der Waals surface area contributed by atoms with Gasteiger partial charge in [-0.25, -0.2) is 14.6 Å². The molecule has 0 saturated carbocycles. The second kappa shape index (κ2) is 8.99. The van der Waals surface area contributed by atoms with E-state index in [1.165, 1.54) is 18.9 Å². The van der Waals surface area contributed by atoms with Crippen molar-refractivity contribution in [3.63, 3.8) is 0 Å². The summed E-state index contributed by atoms with van der Waals surface area (Å²) in [4.78, 5) is 27.7. The van der Waals surface area contributed by atoms with Crippen LogP contribution in [-0.2, 0) is 14.3 Å². The van der Waals surface area contributed by atoms with Gasteiger partial charge in [-0.15, -0.1) is 11.3 Å². The summed E-state index contributed by atoms with van der Waals surface area (Å²) in [6, 6.07) is -0.714. The molecule has 0 aliphatic carbocycles. The summed E-state index contributed by atoms with van der Waals surface area (Å²) in [7, 11) is 1.29. The zero-order chi connectivity index (χ0) is 16.7. The van der Waals surface area contributed by atoms with Crippen molar-refractivity contribution in [1.82, 2.24) is 10.3 Å². The summed E-state index contributed by atoms with van der Waals surface area (Å²) in [6.07, 6.45) is -0.643. The number of thioether (sulfide) groups is 1. The van der Waals surface area contributed by atoms with E-state index in [9.17, 15) is 9.59 Å². The number of thiazole rings is 1. The SMILES string of the molecule is COC(=O)[C@@H](NC(=O)OCSc1csc(C(C)C)n1)C(C)C. The van der Waals surface area contributed by atoms with Gasteiger partial charge in [0.2, 0.25) is 0 Å². The number of ether oxygens (including phenoxy) is 2. The van der Waals surface area contributed by atoms with Crippen LogP contribution in [-0.4, -0.2) is 36.1 Å². The van der Waals surface area contributed by atoms with E-state index in [1.54, 1.807) is 11.3 Å². The Balaban J connectivity index is 2.40. The van der Waals surface area contributed by atoms with Gasteiger partial charge in [0.25, 0.3) is 0 Å². The number of hydrogen-bond donors (Lipinski definition) is 1. The van der Waals surface area contributed by atoms with E-state index >= 15 is 0 Å². The number of nitrogens with zero attached hydrogens (tertiary/aromatic N) is 1. The van der Waals surface area contributed by atoms with E-state index in [-0.39, 0.29) is 11.9 Å². The third kappa shape index (κ3) is 5.84. The van der Waals surface area contributed by atoms with E-state index in [0.29, 0.717) is 5.92 Å². The second-order valence-corrected chi connectivity index (χ2v) is 7.09. The van der Waals surface area contributed by atoms with Gasteiger partial charge in [-0.2, -0.15) is 0 Å². The van der Waals surface area contributed by atoms with E-state index in [1.807, 2.05) is 19.2 Å². The molecule has 0 aliphatic rings. The van der Waals surface area contributed by atoms with Gasteiger partial charge >= 0.3 is 12.1 Å². The summed E-state index contributed by atoms with van der Waals surface area (Å²) >= 11 is 2.93. The van der Waals surface area contributed by atoms with Crippen LogP contribution in [0.5, 0.6) is 0 Å². The number of alkyl carbamates (subject to hydrolysis) is 1. The van der Waals surface area contributed by atoms with Crippen molar-refractivity contribution in [2.75, 3.05) is 13.0 Å². The summed E-state index contributed by atoms with van der Waals surface area (Å²) in [6.45, 7) is 7.80. The Morgan fingerprint density at radius 1 is 1.36 bits per heavy atom.